The van der Waals surface area contributed by atoms with Crippen LogP contribution in [0, 0.1) is 5.92 Å². The summed E-state index contributed by atoms with van der Waals surface area (Å²) in [6, 6.07) is 5.67. The monoisotopic (exact) mass is 675 g/mol. The summed E-state index contributed by atoms with van der Waals surface area (Å²) in [4.78, 5) is 45.0. The summed E-state index contributed by atoms with van der Waals surface area (Å²) in [6.07, 6.45) is 12.6. The number of rotatable bonds is 13. The van der Waals surface area contributed by atoms with Gasteiger partial charge in [0.1, 0.15) is 17.5 Å². The van der Waals surface area contributed by atoms with Gasteiger partial charge in [-0.05, 0) is 109 Å². The second-order valence-electron chi connectivity index (χ2n) is 14.5. The van der Waals surface area contributed by atoms with Crippen molar-refractivity contribution in [2.75, 3.05) is 82.1 Å². The number of aromatic nitrogens is 2. The summed E-state index contributed by atoms with van der Waals surface area (Å²) in [5, 5.41) is 10.0. The predicted octanol–water partition coefficient (Wildman–Crippen LogP) is 4.25. The first-order chi connectivity index (χ1) is 23.8. The van der Waals surface area contributed by atoms with Gasteiger partial charge in [0.2, 0.25) is 11.9 Å². The zero-order chi connectivity index (χ0) is 34.3. The van der Waals surface area contributed by atoms with Crippen LogP contribution < -0.4 is 30.5 Å². The molecule has 1 aromatic heterocycles. The van der Waals surface area contributed by atoms with Crippen LogP contribution in [0.5, 0.6) is 5.75 Å². The Hall–Kier alpha value is -3.48. The van der Waals surface area contributed by atoms with Crippen molar-refractivity contribution in [1.29, 1.82) is 0 Å². The molecule has 1 atom stereocenters. The van der Waals surface area contributed by atoms with Crippen LogP contribution in [-0.2, 0) is 4.79 Å². The number of nitrogens with zero attached hydrogens (tertiary/aromatic N) is 6. The van der Waals surface area contributed by atoms with Gasteiger partial charge in [0.25, 0.3) is 5.91 Å². The number of ether oxygens (including phenoxy) is 1. The first-order valence-electron chi connectivity index (χ1n) is 18.6. The third-order valence-electron chi connectivity index (χ3n) is 11.1. The topological polar surface area (TPSA) is 118 Å². The fourth-order valence-corrected chi connectivity index (χ4v) is 8.23. The highest BCUT2D eigenvalue weighted by Crippen LogP contribution is 2.40. The van der Waals surface area contributed by atoms with Crippen LogP contribution in [0.2, 0.25) is 0 Å². The van der Waals surface area contributed by atoms with E-state index in [4.69, 9.17) is 9.72 Å². The molecule has 6 rings (SSSR count). The van der Waals surface area contributed by atoms with Crippen molar-refractivity contribution >= 4 is 35.0 Å². The molecule has 3 fully saturated rings. The van der Waals surface area contributed by atoms with Gasteiger partial charge in [-0.25, -0.2) is 4.98 Å². The number of carbonyl (C=O) groups excluding carboxylic acids is 2. The molecule has 3 N–H and O–H groups in total. The van der Waals surface area contributed by atoms with Crippen molar-refractivity contribution in [2.45, 2.75) is 89.3 Å². The molecule has 2 aromatic rings. The first-order valence-corrected chi connectivity index (χ1v) is 18.6. The molecule has 49 heavy (non-hydrogen) atoms. The van der Waals surface area contributed by atoms with Crippen LogP contribution in [0.3, 0.4) is 0 Å². The number of piperidine rings is 2. The largest absolute Gasteiger partial charge is 0.495 e. The Morgan fingerprint density at radius 2 is 1.86 bits per heavy atom. The van der Waals surface area contributed by atoms with Crippen molar-refractivity contribution < 1.29 is 14.3 Å². The zero-order valence-electron chi connectivity index (χ0n) is 30.0. The summed E-state index contributed by atoms with van der Waals surface area (Å²) in [6.45, 7) is 9.87. The van der Waals surface area contributed by atoms with E-state index in [9.17, 15) is 9.59 Å². The molecule has 268 valence electrons. The average molecular weight is 676 g/mol. The third-order valence-corrected chi connectivity index (χ3v) is 11.1. The van der Waals surface area contributed by atoms with Gasteiger partial charge < -0.3 is 40.3 Å². The highest BCUT2D eigenvalue weighted by Gasteiger charge is 2.41. The number of likely N-dealkylation sites (tertiary alicyclic amines) is 1. The molecule has 0 radical (unpaired) electrons. The number of nitrogens with one attached hydrogen (secondary N) is 3. The molecule has 12 heteroatoms. The molecule has 3 aliphatic heterocycles. The number of anilines is 4. The molecular formula is C37H57N9O3. The number of hydrogen-bond donors (Lipinski definition) is 3. The van der Waals surface area contributed by atoms with E-state index in [0.717, 1.165) is 88.8 Å². The number of methoxy groups -OCH3 is 1. The van der Waals surface area contributed by atoms with Gasteiger partial charge in [-0.3, -0.25) is 9.59 Å². The van der Waals surface area contributed by atoms with Crippen molar-refractivity contribution in [3.63, 3.8) is 0 Å². The lowest BCUT2D eigenvalue weighted by molar-refractivity contribution is -0.120. The number of likely N-dealkylation sites (N-methyl/N-ethyl adjacent to an activating group) is 1. The summed E-state index contributed by atoms with van der Waals surface area (Å²) < 4.78 is 5.72. The van der Waals surface area contributed by atoms with Gasteiger partial charge in [0.05, 0.1) is 19.0 Å². The molecule has 4 aliphatic rings. The minimum absolute atomic E-state index is 0.0848. The summed E-state index contributed by atoms with van der Waals surface area (Å²) in [7, 11) is 5.67. The quantitative estimate of drug-likeness (QED) is 0.285. The molecule has 4 heterocycles. The number of fused-ring (bicyclic) bond motifs is 1. The fourth-order valence-electron chi connectivity index (χ4n) is 8.23. The Balaban J connectivity index is 1.02. The molecule has 1 saturated carbocycles. The Morgan fingerprint density at radius 1 is 1.10 bits per heavy atom. The van der Waals surface area contributed by atoms with E-state index in [0.29, 0.717) is 29.0 Å². The standard InChI is InChI=1S/C37H57N9O3/c1-5-31-36(48)44(3)32-24-39-37(42-34(32)46(31)29-9-6-7-10-29)41-30-12-11-27(23-33(30)49-4)35(47)40-28-15-21-45(22-16-28)20-8-19-43(2)25-26-13-17-38-18-14-26/h11-12,23-24,26,28-29,31,38H,5-10,13-22,25H2,1-4H3,(H,40,47)(H,39,41,42). The number of hydrogen-bond acceptors (Lipinski definition) is 10. The summed E-state index contributed by atoms with van der Waals surface area (Å²) in [5.41, 5.74) is 1.97. The maximum absolute atomic E-state index is 13.3. The Labute approximate surface area is 292 Å². The Bertz CT molecular complexity index is 1420. The molecule has 2 saturated heterocycles. The lowest BCUT2D eigenvalue weighted by atomic mass is 9.98. The van der Waals surface area contributed by atoms with Crippen molar-refractivity contribution in [2.24, 2.45) is 5.92 Å². The zero-order valence-corrected chi connectivity index (χ0v) is 30.0. The molecule has 0 spiro atoms. The first kappa shape index (κ1) is 35.3. The lowest BCUT2D eigenvalue weighted by Gasteiger charge is -2.43. The van der Waals surface area contributed by atoms with Crippen molar-refractivity contribution in [3.05, 3.63) is 30.0 Å². The molecule has 1 aliphatic carbocycles. The van der Waals surface area contributed by atoms with Crippen LogP contribution in [0.15, 0.2) is 24.4 Å². The van der Waals surface area contributed by atoms with Crippen LogP contribution in [-0.4, -0.2) is 117 Å². The maximum atomic E-state index is 13.3. The van der Waals surface area contributed by atoms with E-state index >= 15 is 0 Å². The van der Waals surface area contributed by atoms with Crippen molar-refractivity contribution in [1.82, 2.24) is 30.4 Å². The molecule has 1 aromatic carbocycles. The second kappa shape index (κ2) is 16.5. The van der Waals surface area contributed by atoms with Gasteiger partial charge in [-0.2, -0.15) is 4.98 Å². The highest BCUT2D eigenvalue weighted by atomic mass is 16.5. The number of benzene rings is 1. The smallest absolute Gasteiger partial charge is 0.251 e. The Kier molecular flexibility index (Phi) is 11.9. The van der Waals surface area contributed by atoms with Crippen LogP contribution in [0.25, 0.3) is 0 Å². The second-order valence-corrected chi connectivity index (χ2v) is 14.5. The number of carbonyl (C=O) groups is 2. The van der Waals surface area contributed by atoms with Crippen LogP contribution in [0.4, 0.5) is 23.1 Å². The predicted molar refractivity (Wildman–Crippen MR) is 195 cm³/mol. The minimum atomic E-state index is -0.233. The van der Waals surface area contributed by atoms with Crippen LogP contribution >= 0.6 is 0 Å². The van der Waals surface area contributed by atoms with E-state index in [2.05, 4.69) is 49.6 Å². The maximum Gasteiger partial charge on any atom is 0.251 e. The van der Waals surface area contributed by atoms with Gasteiger partial charge in [0, 0.05) is 44.3 Å². The van der Waals surface area contributed by atoms with E-state index < -0.39 is 0 Å². The molecule has 2 amide bonds. The lowest BCUT2D eigenvalue weighted by Crippen LogP contribution is -2.55. The molecule has 0 bridgehead atoms. The van der Waals surface area contributed by atoms with E-state index in [1.807, 2.05) is 12.1 Å². The van der Waals surface area contributed by atoms with Gasteiger partial charge in [0.15, 0.2) is 5.82 Å². The van der Waals surface area contributed by atoms with Gasteiger partial charge in [-0.1, -0.05) is 19.8 Å². The van der Waals surface area contributed by atoms with E-state index in [1.165, 1.54) is 38.6 Å². The molecular weight excluding hydrogens is 618 g/mol. The fraction of sp³-hybridized carbons (Fsp3) is 0.676. The van der Waals surface area contributed by atoms with E-state index in [-0.39, 0.29) is 23.9 Å². The van der Waals surface area contributed by atoms with Crippen molar-refractivity contribution in [3.8, 4) is 5.75 Å². The third kappa shape index (κ3) is 8.46. The Morgan fingerprint density at radius 3 is 2.57 bits per heavy atom. The van der Waals surface area contributed by atoms with Gasteiger partial charge in [-0.15, -0.1) is 0 Å². The van der Waals surface area contributed by atoms with Gasteiger partial charge >= 0.3 is 0 Å². The summed E-state index contributed by atoms with van der Waals surface area (Å²) >= 11 is 0. The SMILES string of the molecule is CCC1C(=O)N(C)c2cnc(Nc3ccc(C(=O)NC4CCN(CCCN(C)CC5CCNCC5)CC4)cc3OC)nc2N1C1CCCC1. The molecule has 1 unspecified atom stereocenters. The van der Waals surface area contributed by atoms with Crippen LogP contribution in [0.1, 0.15) is 81.5 Å². The highest BCUT2D eigenvalue weighted by molar-refractivity contribution is 6.04. The normalized spacial score (nSPS) is 21.3. The summed E-state index contributed by atoms with van der Waals surface area (Å²) in [5.74, 6) is 2.60. The number of amides is 2. The van der Waals surface area contributed by atoms with E-state index in [1.54, 1.807) is 31.3 Å². The average Bonchev–Trinajstić information content (AvgIpc) is 3.65. The minimum Gasteiger partial charge on any atom is -0.495 e. The molecule has 12 nitrogen and oxygen atoms in total.